The highest BCUT2D eigenvalue weighted by Gasteiger charge is 3.06. The van der Waals surface area contributed by atoms with E-state index in [-0.39, 0.29) is 0 Å². The summed E-state index contributed by atoms with van der Waals surface area (Å²) in [6.07, 6.45) is -73.9. The van der Waals surface area contributed by atoms with Gasteiger partial charge in [-0.05, 0) is 0 Å². The summed E-state index contributed by atoms with van der Waals surface area (Å²) in [5.74, 6) is -112. The molecule has 1 heterocycles. The zero-order valence-corrected chi connectivity index (χ0v) is 26.1. The number of rotatable bonds is 0. The standard InChI is InChI=1S/C20F36O6/c21-1(22)2(23,24)6(31,32)10(38)9(37,5(1,29)30)57-13(41,42)17(49,50)61-19(53,54)15(45,46)59-11(39)7(33,34)3(25,26)4(27,28)8(35,36)12(11,40)60-16(47,48)20(55,56)62-18(51,52)14(43,44)58-10/t9-,10+,11-,12+. The van der Waals surface area contributed by atoms with Gasteiger partial charge >= 0.3 is 120 Å². The molecule has 4 atom stereocenters. The van der Waals surface area contributed by atoms with Crippen molar-refractivity contribution in [1.29, 1.82) is 0 Å². The summed E-state index contributed by atoms with van der Waals surface area (Å²) >= 11 is 0. The van der Waals surface area contributed by atoms with Crippen LogP contribution in [0.3, 0.4) is 0 Å². The Morgan fingerprint density at radius 3 is 0.339 bits per heavy atom. The molecule has 42 heteroatoms. The maximum atomic E-state index is 15.3. The molecule has 6 nitrogen and oxygen atoms in total. The topological polar surface area (TPSA) is 55.4 Å². The number of halogens is 36. The van der Waals surface area contributed by atoms with Gasteiger partial charge in [-0.3, -0.25) is 18.9 Å². The van der Waals surface area contributed by atoms with Gasteiger partial charge in [0, 0.05) is 0 Å². The predicted molar refractivity (Wildman–Crippen MR) is 101 cm³/mol. The van der Waals surface area contributed by atoms with Gasteiger partial charge in [-0.1, -0.05) is 0 Å². The van der Waals surface area contributed by atoms with Crippen LogP contribution in [0.1, 0.15) is 0 Å². The van der Waals surface area contributed by atoms with Crippen molar-refractivity contribution < 1.29 is 186 Å². The molecule has 3 aliphatic rings. The van der Waals surface area contributed by atoms with Gasteiger partial charge in [-0.2, -0.15) is 158 Å². The Labute approximate surface area is 307 Å². The second-order valence-electron chi connectivity index (χ2n) is 11.7. The Morgan fingerprint density at radius 2 is 0.226 bits per heavy atom. The molecule has 0 radical (unpaired) electrons. The van der Waals surface area contributed by atoms with Crippen molar-refractivity contribution in [3.05, 3.63) is 0 Å². The Kier molecular flexibility index (Phi) is 10.9. The molecule has 0 spiro atoms. The molecule has 3 rings (SSSR count). The molecule has 0 aromatic carbocycles. The minimum Gasteiger partial charge on any atom is -0.265 e. The molecule has 368 valence electrons. The molecule has 0 amide bonds. The number of alkyl halides is 36. The zero-order valence-electron chi connectivity index (χ0n) is 26.1. The summed E-state index contributed by atoms with van der Waals surface area (Å²) in [5, 5.41) is 0. The summed E-state index contributed by atoms with van der Waals surface area (Å²) in [4.78, 5) is 0. The van der Waals surface area contributed by atoms with E-state index in [2.05, 4.69) is 0 Å². The Hall–Kier alpha value is -2.76. The number of hydrogen-bond acceptors (Lipinski definition) is 6. The van der Waals surface area contributed by atoms with Crippen molar-refractivity contribution in [3.63, 3.8) is 0 Å². The van der Waals surface area contributed by atoms with Crippen LogP contribution < -0.4 is 0 Å². The van der Waals surface area contributed by atoms with Crippen LogP contribution in [0.15, 0.2) is 0 Å². The molecule has 1 saturated heterocycles. The van der Waals surface area contributed by atoms with Gasteiger partial charge in [0.2, 0.25) is 0 Å². The summed E-state index contributed by atoms with van der Waals surface area (Å²) in [6.45, 7) is 0. The minimum atomic E-state index is -9.61. The van der Waals surface area contributed by atoms with Gasteiger partial charge in [0.15, 0.2) is 0 Å². The van der Waals surface area contributed by atoms with E-state index in [9.17, 15) is 140 Å². The summed E-state index contributed by atoms with van der Waals surface area (Å²) in [5.41, 5.74) is 0. The first kappa shape index (κ1) is 53.6. The number of hydrogen-bond donors (Lipinski definition) is 0. The van der Waals surface area contributed by atoms with Gasteiger partial charge in [0.1, 0.15) is 0 Å². The average Bonchev–Trinajstić information content (AvgIpc) is 3.00. The highest BCUT2D eigenvalue weighted by molar-refractivity contribution is 5.26. The smallest absolute Gasteiger partial charge is 0.265 e. The fourth-order valence-electron chi connectivity index (χ4n) is 4.43. The SMILES string of the molecule is FC1(F)OC(F)(F)C(F)(F)O[C@@]2(F)C(F)(F)C(F)(F)C(F)(F)C(F)(F)[C@@]2(F)OC(F)(F)C(F)(F)OC(F)(F)C(F)(F)O[C@]2(F)C(F)(F)C(F)(F)C(F)(F)C(F)(F)[C@]2(F)OC1(F)F. The Balaban J connectivity index is 2.64. The molecule has 0 N–H and O–H groups in total. The molecular formula is C20F36O6. The largest absolute Gasteiger partial charge is 0.453 e. The molecule has 0 aromatic rings. The van der Waals surface area contributed by atoms with E-state index in [0.29, 0.717) is 0 Å². The Morgan fingerprint density at radius 1 is 0.129 bits per heavy atom. The van der Waals surface area contributed by atoms with Crippen LogP contribution in [0.25, 0.3) is 0 Å². The van der Waals surface area contributed by atoms with Crippen molar-refractivity contribution in [2.75, 3.05) is 0 Å². The third-order valence-corrected chi connectivity index (χ3v) is 7.75. The minimum absolute atomic E-state index is 0.822. The van der Waals surface area contributed by atoms with Gasteiger partial charge < -0.3 is 0 Å². The molecule has 0 bridgehead atoms. The fourth-order valence-corrected chi connectivity index (χ4v) is 4.43. The molecule has 1 aliphatic heterocycles. The maximum Gasteiger partial charge on any atom is 0.453 e. The van der Waals surface area contributed by atoms with Crippen LogP contribution >= 0.6 is 0 Å². The second-order valence-corrected chi connectivity index (χ2v) is 11.7. The van der Waals surface area contributed by atoms with Crippen LogP contribution in [-0.4, -0.2) is 120 Å². The molecular weight excluding hydrogens is 1020 g/mol. The fraction of sp³-hybridized carbons (Fsp3) is 1.00. The Bertz CT molecular complexity index is 1530. The van der Waals surface area contributed by atoms with Crippen molar-refractivity contribution in [1.82, 2.24) is 0 Å². The zero-order chi connectivity index (χ0) is 50.2. The summed E-state index contributed by atoms with van der Waals surface area (Å²) in [6, 6.07) is 0. The predicted octanol–water partition coefficient (Wildman–Crippen LogP) is 10.6. The van der Waals surface area contributed by atoms with Crippen molar-refractivity contribution >= 4 is 0 Å². The average molecular weight is 1020 g/mol. The summed E-state index contributed by atoms with van der Waals surface area (Å²) in [7, 11) is 0. The van der Waals surface area contributed by atoms with E-state index in [0.717, 1.165) is 28.4 Å². The first-order valence-electron chi connectivity index (χ1n) is 13.3. The van der Waals surface area contributed by atoms with Gasteiger partial charge in [-0.15, -0.1) is 0 Å². The van der Waals surface area contributed by atoms with Crippen LogP contribution in [0.4, 0.5) is 158 Å². The third kappa shape index (κ3) is 5.76. The van der Waals surface area contributed by atoms with Gasteiger partial charge in [0.25, 0.3) is 0 Å². The quantitative estimate of drug-likeness (QED) is 0.225. The van der Waals surface area contributed by atoms with E-state index in [1.807, 2.05) is 0 Å². The summed E-state index contributed by atoms with van der Waals surface area (Å²) < 4.78 is 520. The van der Waals surface area contributed by atoms with Crippen LogP contribution in [0.5, 0.6) is 0 Å². The van der Waals surface area contributed by atoms with E-state index in [1.54, 1.807) is 0 Å². The third-order valence-electron chi connectivity index (χ3n) is 7.75. The van der Waals surface area contributed by atoms with Crippen molar-refractivity contribution in [3.8, 4) is 0 Å². The van der Waals surface area contributed by atoms with E-state index in [4.69, 9.17) is 0 Å². The highest BCUT2D eigenvalue weighted by Crippen LogP contribution is 2.74. The highest BCUT2D eigenvalue weighted by atomic mass is 19.4. The first-order chi connectivity index (χ1) is 26.2. The molecule has 62 heavy (non-hydrogen) atoms. The maximum absolute atomic E-state index is 15.3. The lowest BCUT2D eigenvalue weighted by Crippen LogP contribution is -2.88. The molecule has 2 aliphatic carbocycles. The van der Waals surface area contributed by atoms with Crippen molar-refractivity contribution in [2.45, 2.75) is 120 Å². The van der Waals surface area contributed by atoms with Gasteiger partial charge in [0.05, 0.1) is 0 Å². The van der Waals surface area contributed by atoms with E-state index < -0.39 is 120 Å². The van der Waals surface area contributed by atoms with Gasteiger partial charge in [-0.25, -0.2) is 9.47 Å². The lowest BCUT2D eigenvalue weighted by Gasteiger charge is -2.55. The number of ether oxygens (including phenoxy) is 6. The lowest BCUT2D eigenvalue weighted by molar-refractivity contribution is -0.633. The molecule has 0 aromatic heterocycles. The van der Waals surface area contributed by atoms with E-state index in [1.165, 1.54) is 0 Å². The van der Waals surface area contributed by atoms with Crippen LogP contribution in [0.2, 0.25) is 0 Å². The molecule has 3 fully saturated rings. The first-order valence-corrected chi connectivity index (χ1v) is 13.3. The monoisotopic (exact) mass is 1020 g/mol. The molecule has 0 unspecified atom stereocenters. The molecule has 2 saturated carbocycles. The second kappa shape index (κ2) is 12.6. The lowest BCUT2D eigenvalue weighted by atomic mass is 9.77. The number of fused-ring (bicyclic) bond motifs is 2. The normalized spacial score (nSPS) is 41.2. The van der Waals surface area contributed by atoms with Crippen molar-refractivity contribution in [2.24, 2.45) is 0 Å². The van der Waals surface area contributed by atoms with E-state index >= 15 is 17.6 Å². The van der Waals surface area contributed by atoms with Crippen LogP contribution in [-0.2, 0) is 28.4 Å². The van der Waals surface area contributed by atoms with Crippen LogP contribution in [0, 0.1) is 0 Å².